The van der Waals surface area contributed by atoms with E-state index in [1.807, 2.05) is 64.1 Å². The van der Waals surface area contributed by atoms with Crippen molar-refractivity contribution < 1.29 is 67.6 Å². The van der Waals surface area contributed by atoms with Crippen molar-refractivity contribution >= 4 is 70.6 Å². The lowest BCUT2D eigenvalue weighted by Gasteiger charge is -2.27. The lowest BCUT2D eigenvalue weighted by molar-refractivity contribution is -0.132. The molecule has 8 aromatic carbocycles. The molecule has 0 fully saturated rings. The largest absolute Gasteiger partial charge is 0.507 e. The number of aromatic hydroxyl groups is 2. The fraction of sp³-hybridized carbons (Fsp3) is 0.293. The Morgan fingerprint density at radius 3 is 0.858 bits per heavy atom. The predicted octanol–water partition coefficient (Wildman–Crippen LogP) is 8.52. The molecule has 0 saturated heterocycles. The third kappa shape index (κ3) is 22.8. The molecule has 0 heterocycles. The predicted molar refractivity (Wildman–Crippen MR) is 400 cm³/mol. The Morgan fingerprint density at radius 2 is 0.575 bits per heavy atom. The summed E-state index contributed by atoms with van der Waals surface area (Å²) in [6, 6.07) is 52.2. The number of ketones is 2. The molecule has 8 aromatic rings. The number of ether oxygens (including phenoxy) is 2. The highest BCUT2D eigenvalue weighted by atomic mass is 16.6. The van der Waals surface area contributed by atoms with E-state index >= 15 is 0 Å². The first-order valence-electron chi connectivity index (χ1n) is 35.3. The zero-order chi connectivity index (χ0) is 75.5. The Balaban J connectivity index is 0.855. The van der Waals surface area contributed by atoms with Crippen LogP contribution in [0.1, 0.15) is 106 Å². The molecular formula is C82H90N10O14. The lowest BCUT2D eigenvalue weighted by Crippen LogP contribution is -2.58. The van der Waals surface area contributed by atoms with E-state index in [0.717, 1.165) is 34.4 Å². The average molecular weight is 1440 g/mol. The van der Waals surface area contributed by atoms with Crippen LogP contribution in [-0.4, -0.2) is 132 Å². The van der Waals surface area contributed by atoms with Crippen LogP contribution in [0.25, 0.3) is 0 Å². The van der Waals surface area contributed by atoms with Gasteiger partial charge in [-0.15, -0.1) is 0 Å². The average Bonchev–Trinajstić information content (AvgIpc) is 0.731. The van der Waals surface area contributed by atoms with Gasteiger partial charge in [-0.3, -0.25) is 38.4 Å². The first kappa shape index (κ1) is 77.8. The molecule has 1 aliphatic carbocycles. The normalized spacial score (nSPS) is 13.2. The van der Waals surface area contributed by atoms with Gasteiger partial charge in [-0.2, -0.15) is 0 Å². The van der Waals surface area contributed by atoms with Crippen LogP contribution in [0.4, 0.5) is 21.0 Å². The summed E-state index contributed by atoms with van der Waals surface area (Å²) in [5, 5.41) is 50.8. The van der Waals surface area contributed by atoms with E-state index in [-0.39, 0.29) is 112 Å². The van der Waals surface area contributed by atoms with Crippen LogP contribution in [-0.2, 0) is 77.1 Å². The molecule has 24 heteroatoms. The molecule has 106 heavy (non-hydrogen) atoms. The molecule has 0 saturated carbocycles. The fourth-order valence-electron chi connectivity index (χ4n) is 12.2. The van der Waals surface area contributed by atoms with Crippen molar-refractivity contribution in [3.8, 4) is 11.5 Å². The maximum Gasteiger partial charge on any atom is 0.408 e. The second-order valence-corrected chi connectivity index (χ2v) is 26.6. The summed E-state index contributed by atoms with van der Waals surface area (Å²) in [4.78, 5) is 142. The van der Waals surface area contributed by atoms with E-state index in [4.69, 9.17) is 9.47 Å². The molecule has 0 radical (unpaired) electrons. The minimum Gasteiger partial charge on any atom is -0.507 e. The molecule has 0 bridgehead atoms. The molecule has 0 aromatic heterocycles. The monoisotopic (exact) mass is 1440 g/mol. The Morgan fingerprint density at radius 1 is 0.311 bits per heavy atom. The second-order valence-electron chi connectivity index (χ2n) is 26.6. The number of benzene rings is 8. The van der Waals surface area contributed by atoms with Gasteiger partial charge in [0.2, 0.25) is 47.0 Å². The molecule has 0 unspecified atom stereocenters. The highest BCUT2D eigenvalue weighted by molar-refractivity contribution is 6.33. The molecule has 6 atom stereocenters. The molecule has 0 spiro atoms. The SMILES string of the molecule is CC(C)C[C@H](NC(=O)[C@H](Cc1ccccc1)NC(=O)[C@H](Cc1ccccc1)NC(=O)OCc1ccccc1)C(=O)NCCNc1ccc(NCCNC(=O)[C@H](CC(C)C)NC(=O)[C@H](Cc2ccccc2)NC(=O)[C@H](Cc2ccccc2)NC(=O)OCc2ccccc2)c2c1C(=O)c1c(O)ccc(O)c1C2=O. The van der Waals surface area contributed by atoms with E-state index < -0.39 is 118 Å². The number of hydrogen-bond acceptors (Lipinski definition) is 16. The van der Waals surface area contributed by atoms with Gasteiger partial charge in [-0.05, 0) is 82.3 Å². The Labute approximate surface area is 615 Å². The summed E-state index contributed by atoms with van der Waals surface area (Å²) in [5.41, 5.74) is 3.40. The zero-order valence-corrected chi connectivity index (χ0v) is 59.5. The molecule has 9 rings (SSSR count). The van der Waals surface area contributed by atoms with Crippen LogP contribution < -0.4 is 53.2 Å². The highest BCUT2D eigenvalue weighted by Crippen LogP contribution is 2.42. The van der Waals surface area contributed by atoms with E-state index in [0.29, 0.717) is 11.1 Å². The van der Waals surface area contributed by atoms with Crippen LogP contribution in [0.2, 0.25) is 0 Å². The molecule has 12 N–H and O–H groups in total. The van der Waals surface area contributed by atoms with Gasteiger partial charge in [0.25, 0.3) is 0 Å². The van der Waals surface area contributed by atoms with Crippen LogP contribution in [0.3, 0.4) is 0 Å². The smallest absolute Gasteiger partial charge is 0.408 e. The first-order valence-corrected chi connectivity index (χ1v) is 35.3. The Kier molecular flexibility index (Phi) is 28.5. The van der Waals surface area contributed by atoms with E-state index in [1.54, 1.807) is 146 Å². The van der Waals surface area contributed by atoms with E-state index in [9.17, 15) is 58.2 Å². The van der Waals surface area contributed by atoms with E-state index in [1.165, 1.54) is 12.1 Å². The van der Waals surface area contributed by atoms with Crippen molar-refractivity contribution in [3.05, 3.63) is 262 Å². The molecular weight excluding hydrogens is 1350 g/mol. The van der Waals surface area contributed by atoms with Gasteiger partial charge in [0.1, 0.15) is 61.0 Å². The number of rotatable bonds is 36. The number of nitrogens with one attached hydrogen (secondary N) is 10. The third-order valence-electron chi connectivity index (χ3n) is 17.5. The van der Waals surface area contributed by atoms with Gasteiger partial charge in [0, 0.05) is 63.2 Å². The number of hydrogen-bond donors (Lipinski definition) is 12. The molecule has 552 valence electrons. The summed E-state index contributed by atoms with van der Waals surface area (Å²) < 4.78 is 11.0. The van der Waals surface area contributed by atoms with Crippen molar-refractivity contribution in [1.82, 2.24) is 42.5 Å². The van der Waals surface area contributed by atoms with Gasteiger partial charge < -0.3 is 72.9 Å². The summed E-state index contributed by atoms with van der Waals surface area (Å²) in [5.74, 6) is -6.78. The summed E-state index contributed by atoms with van der Waals surface area (Å²) in [6.45, 7) is 7.15. The number of phenolic OH excluding ortho intramolecular Hbond substituents is 2. The zero-order valence-electron chi connectivity index (χ0n) is 59.5. The summed E-state index contributed by atoms with van der Waals surface area (Å²) >= 11 is 0. The van der Waals surface area contributed by atoms with Crippen LogP contribution >= 0.6 is 0 Å². The number of carbonyl (C=O) groups excluding carboxylic acids is 10. The van der Waals surface area contributed by atoms with Crippen LogP contribution in [0.5, 0.6) is 11.5 Å². The highest BCUT2D eigenvalue weighted by Gasteiger charge is 2.39. The fourth-order valence-corrected chi connectivity index (χ4v) is 12.2. The molecule has 24 nitrogen and oxygen atoms in total. The van der Waals surface area contributed by atoms with Crippen molar-refractivity contribution in [2.75, 3.05) is 36.8 Å². The number of phenols is 2. The summed E-state index contributed by atoms with van der Waals surface area (Å²) in [6.07, 6.45) is -1.18. The number of anilines is 2. The van der Waals surface area contributed by atoms with Crippen LogP contribution in [0.15, 0.2) is 206 Å². The standard InChI is InChI=1S/C82H90N10O14/c1-51(2)43-61(87-77(99)63(45-53-23-11-5-12-24-53)89-79(101)65(47-55-27-15-7-16-28-55)91-81(103)105-49-57-31-19-9-20-32-57)75(97)85-41-39-83-59-35-36-60(70-69(59)73(95)71-67(93)37-38-68(94)72(71)74(70)96)84-40-42-86-76(98)62(44-52(3)4)88-78(100)64(46-54-25-13-6-14-26-54)90-80(102)66(48-56-29-17-8-18-30-56)92-82(104)106-50-58-33-21-10-22-34-58/h5-38,51-52,61-66,83-84,93-94H,39-50H2,1-4H3,(H,85,97)(H,86,98)(H,87,99)(H,88,100)(H,89,101)(H,90,102)(H,91,103)(H,92,104)/t61-,62-,63-,64-,65-,66-/m0/s1. The van der Waals surface area contributed by atoms with Crippen LogP contribution in [0, 0.1) is 11.8 Å². The lowest BCUT2D eigenvalue weighted by atomic mass is 9.81. The van der Waals surface area contributed by atoms with Gasteiger partial charge >= 0.3 is 12.2 Å². The number of alkyl carbamates (subject to hydrolysis) is 2. The van der Waals surface area contributed by atoms with Gasteiger partial charge in [-0.25, -0.2) is 9.59 Å². The van der Waals surface area contributed by atoms with Gasteiger partial charge in [-0.1, -0.05) is 210 Å². The topological polar surface area (TPSA) is 350 Å². The maximum atomic E-state index is 14.6. The molecule has 0 aliphatic heterocycles. The minimum atomic E-state index is -1.23. The number of carbonyl (C=O) groups is 10. The summed E-state index contributed by atoms with van der Waals surface area (Å²) in [7, 11) is 0. The first-order chi connectivity index (χ1) is 51.2. The number of fused-ring (bicyclic) bond motifs is 2. The minimum absolute atomic E-state index is 0.0191. The van der Waals surface area contributed by atoms with E-state index in [2.05, 4.69) is 53.2 Å². The van der Waals surface area contributed by atoms with Crippen molar-refractivity contribution in [1.29, 1.82) is 0 Å². The van der Waals surface area contributed by atoms with Crippen molar-refractivity contribution in [2.45, 2.75) is 116 Å². The third-order valence-corrected chi connectivity index (χ3v) is 17.5. The molecule has 8 amide bonds. The second kappa shape index (κ2) is 38.8. The Bertz CT molecular complexity index is 4050. The quantitative estimate of drug-likeness (QED) is 0.0129. The molecule has 1 aliphatic rings. The van der Waals surface area contributed by atoms with Gasteiger partial charge in [0.15, 0.2) is 0 Å². The maximum absolute atomic E-state index is 14.6. The van der Waals surface area contributed by atoms with Crippen molar-refractivity contribution in [3.63, 3.8) is 0 Å². The number of amides is 8. The van der Waals surface area contributed by atoms with Gasteiger partial charge in [0.05, 0.1) is 22.3 Å². The van der Waals surface area contributed by atoms with Crippen molar-refractivity contribution in [2.24, 2.45) is 11.8 Å². The Hall–Kier alpha value is -12.3.